The minimum absolute atomic E-state index is 0.655. The molecule has 50 valence electrons. The zero-order valence-corrected chi connectivity index (χ0v) is 7.45. The Balaban J connectivity index is 2.48. The van der Waals surface area contributed by atoms with Crippen molar-refractivity contribution < 1.29 is 0 Å². The third-order valence-corrected chi connectivity index (χ3v) is 1.39. The number of rotatable bonds is 2. The van der Waals surface area contributed by atoms with Crippen LogP contribution in [0.15, 0.2) is 18.5 Å². The lowest BCUT2D eigenvalue weighted by atomic mass is 10.5. The van der Waals surface area contributed by atoms with Gasteiger partial charge in [-0.2, -0.15) is 5.10 Å². The van der Waals surface area contributed by atoms with Gasteiger partial charge in [-0.25, -0.2) is 0 Å². The van der Waals surface area contributed by atoms with E-state index in [9.17, 15) is 0 Å². The Labute approximate surface area is 68.4 Å². The van der Waals surface area contributed by atoms with Crippen LogP contribution in [0.2, 0.25) is 0 Å². The molecule has 0 bridgehead atoms. The van der Waals surface area contributed by atoms with Gasteiger partial charge in [0.15, 0.2) is 0 Å². The first kappa shape index (κ1) is 7.05. The van der Waals surface area contributed by atoms with Crippen molar-refractivity contribution in [2.45, 2.75) is 17.4 Å². The fourth-order valence-electron chi connectivity index (χ4n) is 0.666. The van der Waals surface area contributed by atoms with E-state index in [4.69, 9.17) is 0 Å². The van der Waals surface area contributed by atoms with Crippen LogP contribution < -0.4 is 0 Å². The Hall–Kier alpha value is -0.0600. The van der Waals surface area contributed by atoms with Crippen molar-refractivity contribution in [3.05, 3.63) is 18.5 Å². The van der Waals surface area contributed by atoms with Crippen LogP contribution in [0.4, 0.5) is 0 Å². The molecule has 0 aliphatic rings. The summed E-state index contributed by atoms with van der Waals surface area (Å²) in [6.07, 6.45) is 3.79. The number of halogens is 1. The lowest BCUT2D eigenvalue weighted by Crippen LogP contribution is -2.05. The molecule has 0 N–H and O–H groups in total. The molecule has 3 heteroatoms. The first-order chi connectivity index (χ1) is 4.29. The molecule has 1 rings (SSSR count). The highest BCUT2D eigenvalue weighted by molar-refractivity contribution is 14.1. The van der Waals surface area contributed by atoms with E-state index < -0.39 is 0 Å². The average molecular weight is 236 g/mol. The standard InChI is InChI=1S/C6H9IN2/c1-6(7)5-9-4-2-3-8-9/h2-4,6H,5H2,1H3. The van der Waals surface area contributed by atoms with Crippen LogP contribution in [0.25, 0.3) is 0 Å². The molecule has 0 aliphatic carbocycles. The molecule has 1 aromatic heterocycles. The molecule has 0 aromatic carbocycles. The third kappa shape index (κ3) is 2.34. The largest absolute Gasteiger partial charge is 0.272 e. The van der Waals surface area contributed by atoms with E-state index in [2.05, 4.69) is 34.6 Å². The van der Waals surface area contributed by atoms with Crippen LogP contribution in [0.3, 0.4) is 0 Å². The van der Waals surface area contributed by atoms with Gasteiger partial charge in [0.25, 0.3) is 0 Å². The Morgan fingerprint density at radius 2 is 2.56 bits per heavy atom. The van der Waals surface area contributed by atoms with Gasteiger partial charge in [-0.1, -0.05) is 29.5 Å². The van der Waals surface area contributed by atoms with E-state index in [1.807, 2.05) is 16.9 Å². The fraction of sp³-hybridized carbons (Fsp3) is 0.500. The predicted molar refractivity (Wildman–Crippen MR) is 45.7 cm³/mol. The summed E-state index contributed by atoms with van der Waals surface area (Å²) < 4.78 is 2.60. The maximum absolute atomic E-state index is 4.07. The fourth-order valence-corrected chi connectivity index (χ4v) is 1.07. The van der Waals surface area contributed by atoms with Crippen molar-refractivity contribution >= 4 is 22.6 Å². The molecule has 9 heavy (non-hydrogen) atoms. The SMILES string of the molecule is CC(I)Cn1cccn1. The quantitative estimate of drug-likeness (QED) is 0.564. The van der Waals surface area contributed by atoms with Crippen molar-refractivity contribution in [3.63, 3.8) is 0 Å². The van der Waals surface area contributed by atoms with E-state index in [0.29, 0.717) is 3.92 Å². The summed E-state index contributed by atoms with van der Waals surface area (Å²) in [7, 11) is 0. The highest BCUT2D eigenvalue weighted by atomic mass is 127. The van der Waals surface area contributed by atoms with E-state index in [1.54, 1.807) is 6.20 Å². The van der Waals surface area contributed by atoms with Gasteiger partial charge in [0.1, 0.15) is 0 Å². The molecule has 2 nitrogen and oxygen atoms in total. The van der Waals surface area contributed by atoms with E-state index in [0.717, 1.165) is 6.54 Å². The molecule has 0 spiro atoms. The normalized spacial score (nSPS) is 13.6. The van der Waals surface area contributed by atoms with Crippen LogP contribution >= 0.6 is 22.6 Å². The topological polar surface area (TPSA) is 17.8 Å². The molecular weight excluding hydrogens is 227 g/mol. The second-order valence-electron chi connectivity index (χ2n) is 2.01. The van der Waals surface area contributed by atoms with Gasteiger partial charge >= 0.3 is 0 Å². The Morgan fingerprint density at radius 1 is 1.78 bits per heavy atom. The molecular formula is C6H9IN2. The molecule has 0 radical (unpaired) electrons. The van der Waals surface area contributed by atoms with Crippen molar-refractivity contribution in [2.75, 3.05) is 0 Å². The Bertz CT molecular complexity index is 158. The van der Waals surface area contributed by atoms with Crippen molar-refractivity contribution in [1.82, 2.24) is 9.78 Å². The van der Waals surface area contributed by atoms with Crippen LogP contribution in [-0.4, -0.2) is 13.7 Å². The second kappa shape index (κ2) is 3.20. The Kier molecular flexibility index (Phi) is 2.50. The molecule has 1 heterocycles. The Morgan fingerprint density at radius 3 is 3.00 bits per heavy atom. The van der Waals surface area contributed by atoms with Crippen molar-refractivity contribution in [1.29, 1.82) is 0 Å². The summed E-state index contributed by atoms with van der Waals surface area (Å²) in [5.74, 6) is 0. The second-order valence-corrected chi connectivity index (χ2v) is 4.14. The highest BCUT2D eigenvalue weighted by Gasteiger charge is 1.94. The minimum Gasteiger partial charge on any atom is -0.272 e. The van der Waals surface area contributed by atoms with Crippen LogP contribution in [0, 0.1) is 0 Å². The molecule has 0 saturated heterocycles. The molecule has 1 atom stereocenters. The van der Waals surface area contributed by atoms with Gasteiger partial charge in [-0.3, -0.25) is 4.68 Å². The summed E-state index contributed by atoms with van der Waals surface area (Å²) in [4.78, 5) is 0. The number of aromatic nitrogens is 2. The summed E-state index contributed by atoms with van der Waals surface area (Å²) in [6.45, 7) is 3.18. The van der Waals surface area contributed by atoms with Gasteiger partial charge in [0.2, 0.25) is 0 Å². The highest BCUT2D eigenvalue weighted by Crippen LogP contribution is 2.00. The maximum Gasteiger partial charge on any atom is 0.0524 e. The van der Waals surface area contributed by atoms with Crippen LogP contribution in [0.1, 0.15) is 6.92 Å². The predicted octanol–water partition coefficient (Wildman–Crippen LogP) is 1.71. The zero-order chi connectivity index (χ0) is 6.69. The number of nitrogens with zero attached hydrogens (tertiary/aromatic N) is 2. The summed E-state index contributed by atoms with van der Waals surface area (Å²) in [6, 6.07) is 1.94. The molecule has 0 fully saturated rings. The summed E-state index contributed by atoms with van der Waals surface area (Å²) >= 11 is 2.38. The summed E-state index contributed by atoms with van der Waals surface area (Å²) in [5, 5.41) is 4.07. The summed E-state index contributed by atoms with van der Waals surface area (Å²) in [5.41, 5.74) is 0. The van der Waals surface area contributed by atoms with Gasteiger partial charge < -0.3 is 0 Å². The minimum atomic E-state index is 0.655. The zero-order valence-electron chi connectivity index (χ0n) is 5.29. The first-order valence-electron chi connectivity index (χ1n) is 2.90. The third-order valence-electron chi connectivity index (χ3n) is 0.998. The molecule has 1 aromatic rings. The molecule has 0 aliphatic heterocycles. The van der Waals surface area contributed by atoms with Gasteiger partial charge in [0.05, 0.1) is 6.54 Å². The lowest BCUT2D eigenvalue weighted by molar-refractivity contribution is 0.623. The van der Waals surface area contributed by atoms with E-state index in [1.165, 1.54) is 0 Å². The molecule has 0 saturated carbocycles. The monoisotopic (exact) mass is 236 g/mol. The van der Waals surface area contributed by atoms with Crippen molar-refractivity contribution in [3.8, 4) is 0 Å². The smallest absolute Gasteiger partial charge is 0.0524 e. The van der Waals surface area contributed by atoms with Gasteiger partial charge in [-0.15, -0.1) is 0 Å². The van der Waals surface area contributed by atoms with Gasteiger partial charge in [0, 0.05) is 16.3 Å². The first-order valence-corrected chi connectivity index (χ1v) is 4.15. The molecule has 0 amide bonds. The molecule has 1 unspecified atom stereocenters. The maximum atomic E-state index is 4.07. The van der Waals surface area contributed by atoms with E-state index in [-0.39, 0.29) is 0 Å². The number of hydrogen-bond acceptors (Lipinski definition) is 1. The lowest BCUT2D eigenvalue weighted by Gasteiger charge is -2.00. The van der Waals surface area contributed by atoms with Crippen LogP contribution in [-0.2, 0) is 6.54 Å². The average Bonchev–Trinajstić information content (AvgIpc) is 2.15. The van der Waals surface area contributed by atoms with E-state index >= 15 is 0 Å². The van der Waals surface area contributed by atoms with Gasteiger partial charge in [-0.05, 0) is 6.07 Å². The number of hydrogen-bond donors (Lipinski definition) is 0. The van der Waals surface area contributed by atoms with Crippen LogP contribution in [0.5, 0.6) is 0 Å². The number of alkyl halides is 1. The van der Waals surface area contributed by atoms with Crippen molar-refractivity contribution in [2.24, 2.45) is 0 Å².